The number of benzene rings is 3. The van der Waals surface area contributed by atoms with Crippen molar-refractivity contribution in [2.75, 3.05) is 26.4 Å². The van der Waals surface area contributed by atoms with Gasteiger partial charge in [-0.3, -0.25) is 14.5 Å². The van der Waals surface area contributed by atoms with Crippen molar-refractivity contribution < 1.29 is 9.47 Å². The van der Waals surface area contributed by atoms with Crippen molar-refractivity contribution in [3.63, 3.8) is 0 Å². The standard InChI is InChI=1S/2C10H9BrN2O.C7H5BrN2/c11-8-2-1-7-4-13(9-5-14-6-9)12-10(7)3-8;11-8-2-1-7-4-12-13(10(7)3-8)9-5-14-6-9;8-6-2-1-5-4-9-10-7(5)3-6/h2*1-4,9H,5-6H2;1-4H,(H,9,10). The van der Waals surface area contributed by atoms with Crippen LogP contribution in [-0.4, -0.2) is 56.2 Å². The van der Waals surface area contributed by atoms with Crippen LogP contribution >= 0.6 is 47.8 Å². The number of aromatic amines is 1. The molecule has 6 aromatic rings. The normalized spacial score (nSPS) is 15.4. The molecule has 0 aliphatic carbocycles. The number of H-pyrrole nitrogens is 1. The molecule has 2 fully saturated rings. The van der Waals surface area contributed by atoms with Crippen LogP contribution in [-0.2, 0) is 9.47 Å². The molecule has 8 rings (SSSR count). The van der Waals surface area contributed by atoms with Crippen molar-refractivity contribution in [2.45, 2.75) is 12.1 Å². The molecule has 0 atom stereocenters. The Morgan fingerprint density at radius 2 is 1.39 bits per heavy atom. The first-order valence-electron chi connectivity index (χ1n) is 12.0. The monoisotopic (exact) mass is 700 g/mol. The molecule has 194 valence electrons. The van der Waals surface area contributed by atoms with Crippen molar-refractivity contribution in [1.82, 2.24) is 29.8 Å². The van der Waals surface area contributed by atoms with Gasteiger partial charge in [0.1, 0.15) is 0 Å². The number of hydrogen-bond donors (Lipinski definition) is 1. The first-order chi connectivity index (χ1) is 18.5. The van der Waals surface area contributed by atoms with E-state index in [2.05, 4.69) is 92.6 Å². The number of halogens is 3. The van der Waals surface area contributed by atoms with E-state index in [-0.39, 0.29) is 0 Å². The van der Waals surface area contributed by atoms with Crippen LogP contribution in [0.15, 0.2) is 86.6 Å². The summed E-state index contributed by atoms with van der Waals surface area (Å²) < 4.78 is 17.6. The van der Waals surface area contributed by atoms with Gasteiger partial charge < -0.3 is 9.47 Å². The molecule has 5 heterocycles. The SMILES string of the molecule is Brc1ccc2cn(C3COC3)nc2c1.Brc1ccc2cn[nH]c2c1.Brc1ccc2cnn(C3COC3)c2c1. The lowest BCUT2D eigenvalue weighted by molar-refractivity contribution is -0.0283. The zero-order valence-corrected chi connectivity index (χ0v) is 24.9. The molecule has 2 aliphatic heterocycles. The second-order valence-corrected chi connectivity index (χ2v) is 11.8. The van der Waals surface area contributed by atoms with Gasteiger partial charge in [-0.1, -0.05) is 66.0 Å². The molecule has 3 aromatic carbocycles. The highest BCUT2D eigenvalue weighted by Crippen LogP contribution is 2.25. The van der Waals surface area contributed by atoms with Crippen molar-refractivity contribution >= 4 is 80.5 Å². The van der Waals surface area contributed by atoms with Gasteiger partial charge in [-0.05, 0) is 36.4 Å². The van der Waals surface area contributed by atoms with E-state index >= 15 is 0 Å². The average molecular weight is 703 g/mol. The molecule has 0 radical (unpaired) electrons. The Labute approximate surface area is 243 Å². The van der Waals surface area contributed by atoms with Crippen molar-refractivity contribution in [2.24, 2.45) is 0 Å². The van der Waals surface area contributed by atoms with Crippen molar-refractivity contribution in [3.05, 3.63) is 86.6 Å². The van der Waals surface area contributed by atoms with E-state index in [0.717, 1.165) is 56.3 Å². The van der Waals surface area contributed by atoms with Gasteiger partial charge in [0.15, 0.2) is 0 Å². The fourth-order valence-electron chi connectivity index (χ4n) is 4.15. The van der Waals surface area contributed by atoms with Gasteiger partial charge in [-0.15, -0.1) is 0 Å². The molecular weight excluding hydrogens is 680 g/mol. The van der Waals surface area contributed by atoms with E-state index in [9.17, 15) is 0 Å². The Kier molecular flexibility index (Phi) is 7.62. The van der Waals surface area contributed by atoms with Gasteiger partial charge >= 0.3 is 0 Å². The molecule has 8 nitrogen and oxygen atoms in total. The maximum absolute atomic E-state index is 5.17. The Morgan fingerprint density at radius 3 is 2.11 bits per heavy atom. The second kappa shape index (κ2) is 11.3. The zero-order chi connectivity index (χ0) is 26.1. The Bertz CT molecular complexity index is 1700. The summed E-state index contributed by atoms with van der Waals surface area (Å²) in [6.07, 6.45) is 5.79. The lowest BCUT2D eigenvalue weighted by atomic mass is 10.2. The number of fused-ring (bicyclic) bond motifs is 3. The van der Waals surface area contributed by atoms with E-state index in [4.69, 9.17) is 9.47 Å². The number of nitrogens with one attached hydrogen (secondary N) is 1. The van der Waals surface area contributed by atoms with Crippen LogP contribution in [0.5, 0.6) is 0 Å². The molecule has 0 spiro atoms. The number of ether oxygens (including phenoxy) is 2. The van der Waals surface area contributed by atoms with E-state index in [1.165, 1.54) is 16.3 Å². The third-order valence-corrected chi connectivity index (χ3v) is 7.89. The Hall–Kier alpha value is -2.57. The fourth-order valence-corrected chi connectivity index (χ4v) is 5.21. The highest BCUT2D eigenvalue weighted by atomic mass is 79.9. The molecule has 11 heteroatoms. The topological polar surface area (TPSA) is 82.8 Å². The molecular formula is C27H23Br3N6O2. The molecule has 3 aromatic heterocycles. The largest absolute Gasteiger partial charge is 0.377 e. The molecule has 2 aliphatic rings. The van der Waals surface area contributed by atoms with Crippen LogP contribution in [0.2, 0.25) is 0 Å². The second-order valence-electron chi connectivity index (χ2n) is 9.09. The predicted molar refractivity (Wildman–Crippen MR) is 158 cm³/mol. The summed E-state index contributed by atoms with van der Waals surface area (Å²) in [5.74, 6) is 0. The van der Waals surface area contributed by atoms with Gasteiger partial charge in [0.2, 0.25) is 0 Å². The van der Waals surface area contributed by atoms with Crippen LogP contribution < -0.4 is 0 Å². The van der Waals surface area contributed by atoms with Crippen LogP contribution in [0.25, 0.3) is 32.7 Å². The van der Waals surface area contributed by atoms with Gasteiger partial charge in [-0.2, -0.15) is 15.3 Å². The number of aromatic nitrogens is 6. The predicted octanol–water partition coefficient (Wildman–Crippen LogP) is 7.07. The molecule has 0 saturated carbocycles. The average Bonchev–Trinajstić information content (AvgIpc) is 3.56. The van der Waals surface area contributed by atoms with Crippen LogP contribution in [0, 0.1) is 0 Å². The lowest BCUT2D eigenvalue weighted by Crippen LogP contribution is -2.31. The Balaban J connectivity index is 0.000000106. The van der Waals surface area contributed by atoms with E-state index in [1.807, 2.05) is 58.2 Å². The smallest absolute Gasteiger partial charge is 0.0992 e. The molecule has 0 amide bonds. The maximum Gasteiger partial charge on any atom is 0.0992 e. The zero-order valence-electron chi connectivity index (χ0n) is 20.1. The van der Waals surface area contributed by atoms with Crippen molar-refractivity contribution in [3.8, 4) is 0 Å². The molecule has 1 N–H and O–H groups in total. The van der Waals surface area contributed by atoms with Crippen LogP contribution in [0.1, 0.15) is 12.1 Å². The fraction of sp³-hybridized carbons (Fsp3) is 0.222. The van der Waals surface area contributed by atoms with Crippen LogP contribution in [0.3, 0.4) is 0 Å². The summed E-state index contributed by atoms with van der Waals surface area (Å²) in [5.41, 5.74) is 3.27. The molecule has 0 unspecified atom stereocenters. The quantitative estimate of drug-likeness (QED) is 0.209. The summed E-state index contributed by atoms with van der Waals surface area (Å²) in [7, 11) is 0. The highest BCUT2D eigenvalue weighted by molar-refractivity contribution is 9.11. The lowest BCUT2D eigenvalue weighted by Gasteiger charge is -2.26. The van der Waals surface area contributed by atoms with E-state index < -0.39 is 0 Å². The summed E-state index contributed by atoms with van der Waals surface area (Å²) >= 11 is 10.3. The van der Waals surface area contributed by atoms with Crippen LogP contribution in [0.4, 0.5) is 0 Å². The minimum Gasteiger partial charge on any atom is -0.377 e. The summed E-state index contributed by atoms with van der Waals surface area (Å²) in [5, 5.41) is 19.2. The molecule has 0 bridgehead atoms. The summed E-state index contributed by atoms with van der Waals surface area (Å²) in [6, 6.07) is 19.2. The summed E-state index contributed by atoms with van der Waals surface area (Å²) in [6.45, 7) is 3.14. The third kappa shape index (κ3) is 5.57. The number of nitrogens with zero attached hydrogens (tertiary/aromatic N) is 5. The summed E-state index contributed by atoms with van der Waals surface area (Å²) in [4.78, 5) is 0. The van der Waals surface area contributed by atoms with Crippen molar-refractivity contribution in [1.29, 1.82) is 0 Å². The molecule has 2 saturated heterocycles. The Morgan fingerprint density at radius 1 is 0.737 bits per heavy atom. The van der Waals surface area contributed by atoms with E-state index in [0.29, 0.717) is 12.1 Å². The van der Waals surface area contributed by atoms with E-state index in [1.54, 1.807) is 0 Å². The number of hydrogen-bond acceptors (Lipinski definition) is 5. The minimum absolute atomic E-state index is 0.418. The van der Waals surface area contributed by atoms with Gasteiger partial charge in [0.25, 0.3) is 0 Å². The maximum atomic E-state index is 5.17. The highest BCUT2D eigenvalue weighted by Gasteiger charge is 2.23. The van der Waals surface area contributed by atoms with Gasteiger partial charge in [0.05, 0.1) is 67.5 Å². The third-order valence-electron chi connectivity index (χ3n) is 6.41. The van der Waals surface area contributed by atoms with Gasteiger partial charge in [-0.25, -0.2) is 0 Å². The van der Waals surface area contributed by atoms with Gasteiger partial charge in [0, 0.05) is 35.8 Å². The first kappa shape index (κ1) is 25.7. The molecule has 38 heavy (non-hydrogen) atoms. The first-order valence-corrected chi connectivity index (χ1v) is 14.4. The number of rotatable bonds is 2. The minimum atomic E-state index is 0.418.